The van der Waals surface area contributed by atoms with E-state index in [-0.39, 0.29) is 18.9 Å². The van der Waals surface area contributed by atoms with Crippen molar-refractivity contribution in [2.75, 3.05) is 25.1 Å². The number of carbonyl (C=O) groups is 1. The van der Waals surface area contributed by atoms with Gasteiger partial charge in [-0.1, -0.05) is 0 Å². The molecule has 0 aliphatic carbocycles. The fourth-order valence-corrected chi connectivity index (χ4v) is 4.83. The van der Waals surface area contributed by atoms with Gasteiger partial charge in [-0.2, -0.15) is 10.2 Å². The normalized spacial score (nSPS) is 15.6. The summed E-state index contributed by atoms with van der Waals surface area (Å²) in [5.41, 5.74) is 5.00. The quantitative estimate of drug-likeness (QED) is 0.389. The van der Waals surface area contributed by atoms with E-state index in [0.717, 1.165) is 34.4 Å². The van der Waals surface area contributed by atoms with Gasteiger partial charge in [-0.25, -0.2) is 9.78 Å². The number of ether oxygens (including phenoxy) is 4. The smallest absolute Gasteiger partial charge is 0.410 e. The van der Waals surface area contributed by atoms with E-state index in [9.17, 15) is 4.79 Å². The molecule has 3 heterocycles. The van der Waals surface area contributed by atoms with Gasteiger partial charge in [0.25, 0.3) is 0 Å². The topological polar surface area (TPSA) is 119 Å². The zero-order valence-electron chi connectivity index (χ0n) is 24.1. The second-order valence-corrected chi connectivity index (χ2v) is 11.3. The van der Waals surface area contributed by atoms with Gasteiger partial charge in [0.05, 0.1) is 37.1 Å². The molecule has 5 rings (SSSR count). The lowest BCUT2D eigenvalue weighted by Gasteiger charge is -2.31. The number of amides is 1. The highest BCUT2D eigenvalue weighted by Gasteiger charge is 2.30. The maximum Gasteiger partial charge on any atom is 0.410 e. The number of carbonyl (C=O) groups excluding carboxylic acids is 1. The van der Waals surface area contributed by atoms with Gasteiger partial charge in [-0.15, -0.1) is 0 Å². The van der Waals surface area contributed by atoms with E-state index in [1.807, 2.05) is 46.8 Å². The summed E-state index contributed by atoms with van der Waals surface area (Å²) < 4.78 is 23.7. The second kappa shape index (κ2) is 11.7. The third-order valence-electron chi connectivity index (χ3n) is 6.73. The molecule has 1 amide bonds. The Morgan fingerprint density at radius 3 is 2.41 bits per heavy atom. The van der Waals surface area contributed by atoms with Crippen LogP contribution in [0.25, 0.3) is 0 Å². The number of hydrogen-bond donors (Lipinski definition) is 1. The first kappa shape index (κ1) is 28.3. The zero-order valence-corrected chi connectivity index (χ0v) is 24.1. The summed E-state index contributed by atoms with van der Waals surface area (Å²) in [5, 5.41) is 12.4. The van der Waals surface area contributed by atoms with Crippen LogP contribution < -0.4 is 10.1 Å². The van der Waals surface area contributed by atoms with Gasteiger partial charge in [-0.3, -0.25) is 0 Å². The first-order chi connectivity index (χ1) is 19.6. The van der Waals surface area contributed by atoms with Crippen LogP contribution in [0.4, 0.5) is 16.4 Å². The molecule has 214 valence electrons. The minimum absolute atomic E-state index is 0.262. The molecule has 1 fully saturated rings. The van der Waals surface area contributed by atoms with Crippen molar-refractivity contribution in [2.24, 2.45) is 0 Å². The van der Waals surface area contributed by atoms with Gasteiger partial charge in [0.2, 0.25) is 11.8 Å². The molecule has 2 aromatic carbocycles. The SMILES string of the molecule is Cc1cc(C2OCCCO2)cc(C)c1Oc1nc(Nc2ccc(C#N)cc2)nc2c1CCN(C(=O)OC(C)(C)C)C2. The van der Waals surface area contributed by atoms with Crippen molar-refractivity contribution in [1.29, 1.82) is 5.26 Å². The van der Waals surface area contributed by atoms with Crippen LogP contribution in [0.3, 0.4) is 0 Å². The summed E-state index contributed by atoms with van der Waals surface area (Å²) in [6, 6.07) is 13.2. The molecule has 0 atom stereocenters. The summed E-state index contributed by atoms with van der Waals surface area (Å²) >= 11 is 0. The van der Waals surface area contributed by atoms with Crippen molar-refractivity contribution in [1.82, 2.24) is 14.9 Å². The third kappa shape index (κ3) is 6.76. The minimum atomic E-state index is -0.603. The molecular formula is C31H35N5O5. The van der Waals surface area contributed by atoms with E-state index in [2.05, 4.69) is 11.4 Å². The second-order valence-electron chi connectivity index (χ2n) is 11.3. The lowest BCUT2D eigenvalue weighted by atomic mass is 10.0. The van der Waals surface area contributed by atoms with Gasteiger partial charge >= 0.3 is 6.09 Å². The molecule has 0 unspecified atom stereocenters. The Labute approximate surface area is 240 Å². The summed E-state index contributed by atoms with van der Waals surface area (Å²) in [6.07, 6.45) is 0.629. The van der Waals surface area contributed by atoms with Crippen molar-refractivity contribution < 1.29 is 23.7 Å². The van der Waals surface area contributed by atoms with Gasteiger partial charge < -0.3 is 29.2 Å². The number of anilines is 2. The number of fused-ring (bicyclic) bond motifs is 1. The molecule has 0 radical (unpaired) electrons. The van der Waals surface area contributed by atoms with E-state index >= 15 is 0 Å². The van der Waals surface area contributed by atoms with Crippen molar-refractivity contribution in [3.8, 4) is 17.7 Å². The summed E-state index contributed by atoms with van der Waals surface area (Å²) in [4.78, 5) is 24.0. The van der Waals surface area contributed by atoms with Crippen LogP contribution in [0.1, 0.15) is 67.0 Å². The molecular weight excluding hydrogens is 522 g/mol. The molecule has 0 saturated carbocycles. The standard InChI is InChI=1S/C31H35N5O5/c1-19-15-22(28-38-13-6-14-39-28)16-20(2)26(19)40-27-24-11-12-36(30(37)41-31(3,4)5)18-25(24)34-29(35-27)33-23-9-7-21(17-32)8-10-23/h7-10,15-16,28H,6,11-14,18H2,1-5H3,(H,33,34,35). The van der Waals surface area contributed by atoms with Crippen LogP contribution in [-0.2, 0) is 27.2 Å². The molecule has 1 saturated heterocycles. The maximum absolute atomic E-state index is 12.9. The van der Waals surface area contributed by atoms with E-state index in [4.69, 9.17) is 34.2 Å². The largest absolute Gasteiger partial charge is 0.444 e. The van der Waals surface area contributed by atoms with E-state index in [0.29, 0.717) is 55.0 Å². The highest BCUT2D eigenvalue weighted by atomic mass is 16.7. The minimum Gasteiger partial charge on any atom is -0.444 e. The first-order valence-corrected chi connectivity index (χ1v) is 13.8. The number of nitrogens with one attached hydrogen (secondary N) is 1. The van der Waals surface area contributed by atoms with Crippen LogP contribution >= 0.6 is 0 Å². The molecule has 2 aliphatic rings. The predicted octanol–water partition coefficient (Wildman–Crippen LogP) is 6.23. The zero-order chi connectivity index (χ0) is 29.1. The van der Waals surface area contributed by atoms with Crippen molar-refractivity contribution >= 4 is 17.7 Å². The van der Waals surface area contributed by atoms with E-state index < -0.39 is 5.60 Å². The Bertz CT molecular complexity index is 1450. The molecule has 10 nitrogen and oxygen atoms in total. The highest BCUT2D eigenvalue weighted by molar-refractivity contribution is 5.69. The monoisotopic (exact) mass is 557 g/mol. The van der Waals surface area contributed by atoms with Crippen LogP contribution in [0, 0.1) is 25.2 Å². The fourth-order valence-electron chi connectivity index (χ4n) is 4.83. The van der Waals surface area contributed by atoms with Gasteiger partial charge in [0.1, 0.15) is 11.4 Å². The molecule has 1 aromatic heterocycles. The Hall–Kier alpha value is -4.20. The number of nitriles is 1. The van der Waals surface area contributed by atoms with Crippen LogP contribution in [-0.4, -0.2) is 46.3 Å². The number of nitrogens with zero attached hydrogens (tertiary/aromatic N) is 4. The highest BCUT2D eigenvalue weighted by Crippen LogP contribution is 2.36. The number of aryl methyl sites for hydroxylation is 2. The van der Waals surface area contributed by atoms with Crippen molar-refractivity contribution in [2.45, 2.75) is 65.9 Å². The molecule has 0 bridgehead atoms. The number of hydrogen-bond acceptors (Lipinski definition) is 9. The van der Waals surface area contributed by atoms with Gasteiger partial charge in [0.15, 0.2) is 6.29 Å². The average molecular weight is 558 g/mol. The number of aromatic nitrogens is 2. The van der Waals surface area contributed by atoms with E-state index in [1.165, 1.54) is 0 Å². The van der Waals surface area contributed by atoms with Crippen LogP contribution in [0.15, 0.2) is 36.4 Å². The Morgan fingerprint density at radius 2 is 1.78 bits per heavy atom. The lowest BCUT2D eigenvalue weighted by molar-refractivity contribution is -0.183. The fraction of sp³-hybridized carbons (Fsp3) is 0.419. The Morgan fingerprint density at radius 1 is 1.10 bits per heavy atom. The molecule has 2 aliphatic heterocycles. The lowest BCUT2D eigenvalue weighted by Crippen LogP contribution is -2.40. The molecule has 1 N–H and O–H groups in total. The summed E-state index contributed by atoms with van der Waals surface area (Å²) in [5.74, 6) is 1.45. The predicted molar refractivity (Wildman–Crippen MR) is 152 cm³/mol. The molecule has 10 heteroatoms. The Balaban J connectivity index is 1.47. The first-order valence-electron chi connectivity index (χ1n) is 13.8. The molecule has 0 spiro atoms. The van der Waals surface area contributed by atoms with Crippen molar-refractivity contribution in [3.05, 3.63) is 69.9 Å². The maximum atomic E-state index is 12.9. The molecule has 41 heavy (non-hydrogen) atoms. The van der Waals surface area contributed by atoms with Crippen LogP contribution in [0.5, 0.6) is 11.6 Å². The van der Waals surface area contributed by atoms with Crippen molar-refractivity contribution in [3.63, 3.8) is 0 Å². The number of rotatable bonds is 5. The number of benzene rings is 2. The Kier molecular flexibility index (Phi) is 8.10. The molecule has 3 aromatic rings. The van der Waals surface area contributed by atoms with Gasteiger partial charge in [0, 0.05) is 23.4 Å². The summed E-state index contributed by atoms with van der Waals surface area (Å²) in [6.45, 7) is 11.6. The summed E-state index contributed by atoms with van der Waals surface area (Å²) in [7, 11) is 0. The third-order valence-corrected chi connectivity index (χ3v) is 6.73. The van der Waals surface area contributed by atoms with Crippen LogP contribution in [0.2, 0.25) is 0 Å². The van der Waals surface area contributed by atoms with Gasteiger partial charge in [-0.05, 0) is 95.0 Å². The average Bonchev–Trinajstić information content (AvgIpc) is 2.94. The van der Waals surface area contributed by atoms with E-state index in [1.54, 1.807) is 29.2 Å².